The fraction of sp³-hybridized carbons (Fsp3) is 0.467. The summed E-state index contributed by atoms with van der Waals surface area (Å²) < 4.78 is 6.21. The fourth-order valence-electron chi connectivity index (χ4n) is 2.17. The van der Waals surface area contributed by atoms with E-state index in [-0.39, 0.29) is 0 Å². The van der Waals surface area contributed by atoms with Gasteiger partial charge < -0.3 is 9.73 Å². The van der Waals surface area contributed by atoms with Crippen LogP contribution in [-0.4, -0.2) is 16.0 Å². The SMILES string of the molecule is CC(CCc1ccco1)Nc1cc(Br)nc(C2CC2)n1. The van der Waals surface area contributed by atoms with Crippen LogP contribution in [0.5, 0.6) is 0 Å². The van der Waals surface area contributed by atoms with E-state index in [2.05, 4.69) is 38.1 Å². The van der Waals surface area contributed by atoms with Crippen LogP contribution in [0.15, 0.2) is 33.5 Å². The highest BCUT2D eigenvalue weighted by Gasteiger charge is 2.27. The van der Waals surface area contributed by atoms with E-state index in [4.69, 9.17) is 4.42 Å². The van der Waals surface area contributed by atoms with Crippen LogP contribution >= 0.6 is 15.9 Å². The Labute approximate surface area is 127 Å². The molecule has 0 spiro atoms. The van der Waals surface area contributed by atoms with Gasteiger partial charge in [0.1, 0.15) is 22.0 Å². The third-order valence-electron chi connectivity index (χ3n) is 3.45. The van der Waals surface area contributed by atoms with Gasteiger partial charge >= 0.3 is 0 Å². The van der Waals surface area contributed by atoms with Gasteiger partial charge in [0.05, 0.1) is 6.26 Å². The second kappa shape index (κ2) is 5.95. The van der Waals surface area contributed by atoms with Gasteiger partial charge in [-0.3, -0.25) is 0 Å². The van der Waals surface area contributed by atoms with Crippen molar-refractivity contribution in [2.45, 2.75) is 44.6 Å². The minimum absolute atomic E-state index is 0.342. The average molecular weight is 336 g/mol. The number of nitrogens with one attached hydrogen (secondary N) is 1. The number of hydrogen-bond acceptors (Lipinski definition) is 4. The molecule has 1 saturated carbocycles. The van der Waals surface area contributed by atoms with Crippen molar-refractivity contribution in [2.24, 2.45) is 0 Å². The van der Waals surface area contributed by atoms with E-state index in [0.717, 1.165) is 34.8 Å². The van der Waals surface area contributed by atoms with Crippen LogP contribution in [0.4, 0.5) is 5.82 Å². The van der Waals surface area contributed by atoms with E-state index < -0.39 is 0 Å². The summed E-state index contributed by atoms with van der Waals surface area (Å²) in [5.41, 5.74) is 0. The molecule has 1 aliphatic carbocycles. The molecule has 4 nitrogen and oxygen atoms in total. The van der Waals surface area contributed by atoms with E-state index in [9.17, 15) is 0 Å². The zero-order valence-electron chi connectivity index (χ0n) is 11.5. The van der Waals surface area contributed by atoms with Crippen LogP contribution < -0.4 is 5.32 Å². The van der Waals surface area contributed by atoms with Crippen molar-refractivity contribution < 1.29 is 4.42 Å². The Balaban J connectivity index is 1.58. The minimum atomic E-state index is 0.342. The smallest absolute Gasteiger partial charge is 0.135 e. The molecular formula is C15H18BrN3O. The number of anilines is 1. The van der Waals surface area contributed by atoms with Crippen molar-refractivity contribution in [3.05, 3.63) is 40.7 Å². The molecule has 0 amide bonds. The van der Waals surface area contributed by atoms with E-state index in [1.165, 1.54) is 12.8 Å². The lowest BCUT2D eigenvalue weighted by atomic mass is 10.1. The normalized spacial score (nSPS) is 16.1. The van der Waals surface area contributed by atoms with Crippen LogP contribution in [-0.2, 0) is 6.42 Å². The molecule has 1 unspecified atom stereocenters. The van der Waals surface area contributed by atoms with Crippen LogP contribution in [0.1, 0.15) is 43.7 Å². The lowest BCUT2D eigenvalue weighted by Crippen LogP contribution is -2.17. The van der Waals surface area contributed by atoms with E-state index in [1.54, 1.807) is 6.26 Å². The van der Waals surface area contributed by atoms with Gasteiger partial charge in [-0.2, -0.15) is 0 Å². The zero-order valence-corrected chi connectivity index (χ0v) is 13.1. The van der Waals surface area contributed by atoms with E-state index >= 15 is 0 Å². The molecule has 106 valence electrons. The second-order valence-corrected chi connectivity index (χ2v) is 6.18. The molecule has 1 fully saturated rings. The van der Waals surface area contributed by atoms with Crippen molar-refractivity contribution in [3.63, 3.8) is 0 Å². The molecule has 2 heterocycles. The van der Waals surface area contributed by atoms with Gasteiger partial charge in [0.15, 0.2) is 0 Å². The first-order chi connectivity index (χ1) is 9.70. The maximum Gasteiger partial charge on any atom is 0.135 e. The van der Waals surface area contributed by atoms with Gasteiger partial charge in [-0.15, -0.1) is 0 Å². The number of rotatable bonds is 6. The molecule has 0 aromatic carbocycles. The molecule has 20 heavy (non-hydrogen) atoms. The Bertz CT molecular complexity index is 567. The van der Waals surface area contributed by atoms with Gasteiger partial charge in [-0.05, 0) is 54.2 Å². The van der Waals surface area contributed by atoms with Crippen molar-refractivity contribution >= 4 is 21.7 Å². The van der Waals surface area contributed by atoms with Gasteiger partial charge in [-0.25, -0.2) is 9.97 Å². The zero-order chi connectivity index (χ0) is 13.9. The first-order valence-corrected chi connectivity index (χ1v) is 7.83. The summed E-state index contributed by atoms with van der Waals surface area (Å²) in [4.78, 5) is 9.05. The molecule has 0 radical (unpaired) electrons. The van der Waals surface area contributed by atoms with E-state index in [1.807, 2.05) is 18.2 Å². The minimum Gasteiger partial charge on any atom is -0.469 e. The molecular weight excluding hydrogens is 318 g/mol. The number of hydrogen-bond donors (Lipinski definition) is 1. The molecule has 2 aromatic heterocycles. The summed E-state index contributed by atoms with van der Waals surface area (Å²) in [7, 11) is 0. The highest BCUT2D eigenvalue weighted by atomic mass is 79.9. The first-order valence-electron chi connectivity index (χ1n) is 7.04. The number of aromatic nitrogens is 2. The summed E-state index contributed by atoms with van der Waals surface area (Å²) >= 11 is 3.46. The van der Waals surface area contributed by atoms with Crippen LogP contribution in [0.25, 0.3) is 0 Å². The molecule has 1 N–H and O–H groups in total. The van der Waals surface area contributed by atoms with Crippen molar-refractivity contribution in [3.8, 4) is 0 Å². The molecule has 3 rings (SSSR count). The molecule has 5 heteroatoms. The van der Waals surface area contributed by atoms with Crippen LogP contribution in [0.2, 0.25) is 0 Å². The lowest BCUT2D eigenvalue weighted by Gasteiger charge is -2.14. The number of nitrogens with zero attached hydrogens (tertiary/aromatic N) is 2. The van der Waals surface area contributed by atoms with Gasteiger partial charge in [0, 0.05) is 24.4 Å². The number of furan rings is 1. The monoisotopic (exact) mass is 335 g/mol. The van der Waals surface area contributed by atoms with Crippen molar-refractivity contribution in [2.75, 3.05) is 5.32 Å². The van der Waals surface area contributed by atoms with Gasteiger partial charge in [0.25, 0.3) is 0 Å². The Hall–Kier alpha value is -1.36. The lowest BCUT2D eigenvalue weighted by molar-refractivity contribution is 0.495. The molecule has 0 saturated heterocycles. The number of halogens is 1. The Morgan fingerprint density at radius 1 is 1.45 bits per heavy atom. The summed E-state index contributed by atoms with van der Waals surface area (Å²) in [6.07, 6.45) is 6.08. The molecule has 0 bridgehead atoms. The highest BCUT2D eigenvalue weighted by molar-refractivity contribution is 9.10. The molecule has 1 atom stereocenters. The summed E-state index contributed by atoms with van der Waals surface area (Å²) in [6.45, 7) is 2.16. The largest absolute Gasteiger partial charge is 0.469 e. The topological polar surface area (TPSA) is 51.0 Å². The van der Waals surface area contributed by atoms with Crippen LogP contribution in [0, 0.1) is 0 Å². The van der Waals surface area contributed by atoms with Crippen LogP contribution in [0.3, 0.4) is 0 Å². The highest BCUT2D eigenvalue weighted by Crippen LogP contribution is 2.38. The van der Waals surface area contributed by atoms with E-state index in [0.29, 0.717) is 12.0 Å². The average Bonchev–Trinajstić information content (AvgIpc) is 3.13. The second-order valence-electron chi connectivity index (χ2n) is 5.37. The summed E-state index contributed by atoms with van der Waals surface area (Å²) in [6, 6.07) is 6.22. The first kappa shape index (κ1) is 13.6. The quantitative estimate of drug-likeness (QED) is 0.806. The Kier molecular flexibility index (Phi) is 4.05. The van der Waals surface area contributed by atoms with Crippen molar-refractivity contribution in [1.82, 2.24) is 9.97 Å². The number of aryl methyl sites for hydroxylation is 1. The Morgan fingerprint density at radius 3 is 3.00 bits per heavy atom. The predicted molar refractivity (Wildman–Crippen MR) is 81.8 cm³/mol. The summed E-state index contributed by atoms with van der Waals surface area (Å²) in [5.74, 6) is 3.45. The van der Waals surface area contributed by atoms with Gasteiger partial charge in [0.2, 0.25) is 0 Å². The fourth-order valence-corrected chi connectivity index (χ4v) is 2.57. The van der Waals surface area contributed by atoms with Gasteiger partial charge in [-0.1, -0.05) is 0 Å². The molecule has 0 aliphatic heterocycles. The van der Waals surface area contributed by atoms with Crippen molar-refractivity contribution in [1.29, 1.82) is 0 Å². The maximum absolute atomic E-state index is 5.35. The maximum atomic E-state index is 5.35. The standard InChI is InChI=1S/C15H18BrN3O/c1-10(4-7-12-3-2-8-20-12)17-14-9-13(16)18-15(19-14)11-5-6-11/h2-3,8-11H,4-7H2,1H3,(H,17,18,19). The third-order valence-corrected chi connectivity index (χ3v) is 3.86. The molecule has 2 aromatic rings. The summed E-state index contributed by atoms with van der Waals surface area (Å²) in [5, 5.41) is 3.45. The Morgan fingerprint density at radius 2 is 2.30 bits per heavy atom. The molecule has 1 aliphatic rings. The third kappa shape index (κ3) is 3.60. The predicted octanol–water partition coefficient (Wildman–Crippen LogP) is 4.14.